The van der Waals surface area contributed by atoms with Crippen LogP contribution in [0.3, 0.4) is 0 Å². The number of rotatable bonds is 0. The summed E-state index contributed by atoms with van der Waals surface area (Å²) in [5, 5.41) is 0. The van der Waals surface area contributed by atoms with Gasteiger partial charge in [-0.2, -0.15) is 0 Å². The lowest BCUT2D eigenvalue weighted by molar-refractivity contribution is 0.0287. The van der Waals surface area contributed by atoms with Crippen LogP contribution in [0.5, 0.6) is 0 Å². The first kappa shape index (κ1) is 9.81. The van der Waals surface area contributed by atoms with E-state index in [1.54, 1.807) is 7.85 Å². The molecule has 0 aromatic rings. The maximum atomic E-state index is 14.1. The Morgan fingerprint density at radius 1 is 1.50 bits per heavy atom. The Balaban J connectivity index is 2.02. The fourth-order valence-corrected chi connectivity index (χ4v) is 5.31. The van der Waals surface area contributed by atoms with E-state index in [4.69, 9.17) is 4.74 Å². The zero-order valence-electron chi connectivity index (χ0n) is 8.19. The maximum absolute atomic E-state index is 14.1. The van der Waals surface area contributed by atoms with Crippen LogP contribution >= 0.6 is 22.6 Å². The van der Waals surface area contributed by atoms with Gasteiger partial charge in [0.05, 0.1) is 15.5 Å². The lowest BCUT2D eigenvalue weighted by atomic mass is 9.86. The molecule has 0 N–H and O–H groups in total. The van der Waals surface area contributed by atoms with Gasteiger partial charge in [-0.05, 0) is 6.42 Å². The van der Waals surface area contributed by atoms with Crippen LogP contribution in [0.1, 0.15) is 19.8 Å². The Kier molecular flexibility index (Phi) is 1.62. The summed E-state index contributed by atoms with van der Waals surface area (Å²) in [6.07, 6.45) is -0.377. The highest BCUT2D eigenvalue weighted by molar-refractivity contribution is 14.1. The Labute approximate surface area is 96.5 Å². The summed E-state index contributed by atoms with van der Waals surface area (Å²) in [4.78, 5) is 0. The topological polar surface area (TPSA) is 9.23 Å². The summed E-state index contributed by atoms with van der Waals surface area (Å²) in [5.74, 6) is 0. The normalized spacial score (nSPS) is 70.4. The van der Waals surface area contributed by atoms with Gasteiger partial charge < -0.3 is 4.74 Å². The van der Waals surface area contributed by atoms with Crippen LogP contribution in [0.25, 0.3) is 0 Å². The predicted molar refractivity (Wildman–Crippen MR) is 60.0 cm³/mol. The zero-order chi connectivity index (χ0) is 10.4. The van der Waals surface area contributed by atoms with Crippen LogP contribution < -0.4 is 0 Å². The van der Waals surface area contributed by atoms with E-state index in [0.717, 1.165) is 0 Å². The number of fused-ring (bicyclic) bond motifs is 3. The van der Waals surface area contributed by atoms with Crippen LogP contribution in [0.2, 0.25) is 0 Å². The molecule has 6 atom stereocenters. The van der Waals surface area contributed by atoms with E-state index in [0.29, 0.717) is 12.8 Å². The summed E-state index contributed by atoms with van der Waals surface area (Å²) in [6.45, 7) is 1.89. The van der Waals surface area contributed by atoms with Crippen LogP contribution in [-0.4, -0.2) is 35.2 Å². The van der Waals surface area contributed by atoms with Crippen molar-refractivity contribution >= 4 is 30.4 Å². The Bertz CT molecular complexity index is 317. The van der Waals surface area contributed by atoms with Gasteiger partial charge in [-0.3, -0.25) is 0 Å². The molecular weight excluding hydrogens is 300 g/mol. The van der Waals surface area contributed by atoms with Gasteiger partial charge in [0.15, 0.2) is 0 Å². The molecule has 5 heteroatoms. The summed E-state index contributed by atoms with van der Waals surface area (Å²) in [6, 6.07) is -0.376. The molecular formula is C9H12BF2IO. The zero-order valence-corrected chi connectivity index (χ0v) is 10.3. The highest BCUT2D eigenvalue weighted by Crippen LogP contribution is 2.76. The molecule has 78 valence electrons. The molecule has 2 aliphatic carbocycles. The third kappa shape index (κ3) is 0.818. The highest BCUT2D eigenvalue weighted by Gasteiger charge is 2.83. The molecule has 2 saturated carbocycles. The fourth-order valence-electron chi connectivity index (χ4n) is 3.36. The second kappa shape index (κ2) is 2.31. The number of halogens is 3. The number of hydrogen-bond donors (Lipinski definition) is 0. The predicted octanol–water partition coefficient (Wildman–Crippen LogP) is 1.38. The standard InChI is InChI=1S/C9H12BF2IO/c1-7-2-8(7,12)3-9(13)4(11)5(10)14-6(7)9/h4-6H,2-3,10H2,1H3/t4-,5+,6+,7+,8+,9-/m0/s1. The molecule has 0 amide bonds. The van der Waals surface area contributed by atoms with Crippen molar-refractivity contribution in [3.63, 3.8) is 0 Å². The molecule has 1 aliphatic heterocycles. The molecule has 14 heavy (non-hydrogen) atoms. The van der Waals surface area contributed by atoms with E-state index in [1.807, 2.05) is 6.92 Å². The van der Waals surface area contributed by atoms with Gasteiger partial charge in [0, 0.05) is 11.8 Å². The third-order valence-electron chi connectivity index (χ3n) is 4.33. The van der Waals surface area contributed by atoms with Gasteiger partial charge in [-0.1, -0.05) is 29.5 Å². The van der Waals surface area contributed by atoms with E-state index in [-0.39, 0.29) is 12.1 Å². The first-order valence-corrected chi connectivity index (χ1v) is 6.09. The first-order valence-electron chi connectivity index (χ1n) is 5.01. The van der Waals surface area contributed by atoms with Crippen molar-refractivity contribution in [2.75, 3.05) is 0 Å². The molecule has 3 rings (SSSR count). The van der Waals surface area contributed by atoms with E-state index in [1.165, 1.54) is 0 Å². The van der Waals surface area contributed by atoms with Crippen molar-refractivity contribution in [3.8, 4) is 0 Å². The summed E-state index contributed by atoms with van der Waals surface area (Å²) in [7, 11) is 1.75. The summed E-state index contributed by atoms with van der Waals surface area (Å²) in [5.41, 5.74) is -1.56. The van der Waals surface area contributed by atoms with Crippen LogP contribution in [0, 0.1) is 5.41 Å². The largest absolute Gasteiger partial charge is 0.379 e. The molecule has 0 bridgehead atoms. The van der Waals surface area contributed by atoms with Gasteiger partial charge in [0.2, 0.25) is 0 Å². The molecule has 1 heterocycles. The molecule has 0 unspecified atom stereocenters. The average molecular weight is 312 g/mol. The van der Waals surface area contributed by atoms with Crippen molar-refractivity contribution in [2.24, 2.45) is 5.41 Å². The molecule has 1 nitrogen and oxygen atoms in total. The van der Waals surface area contributed by atoms with E-state index < -0.39 is 20.7 Å². The quantitative estimate of drug-likeness (QED) is 0.373. The minimum atomic E-state index is -1.15. The Morgan fingerprint density at radius 2 is 2.14 bits per heavy atom. The van der Waals surface area contributed by atoms with Gasteiger partial charge in [0.1, 0.15) is 19.7 Å². The molecule has 3 aliphatic rings. The van der Waals surface area contributed by atoms with Crippen LogP contribution in [0.4, 0.5) is 8.78 Å². The molecule has 0 aromatic heterocycles. The smallest absolute Gasteiger partial charge is 0.143 e. The van der Waals surface area contributed by atoms with Gasteiger partial charge in [-0.25, -0.2) is 8.78 Å². The van der Waals surface area contributed by atoms with Gasteiger partial charge in [0.25, 0.3) is 0 Å². The van der Waals surface area contributed by atoms with Crippen molar-refractivity contribution in [1.82, 2.24) is 0 Å². The monoisotopic (exact) mass is 312 g/mol. The fraction of sp³-hybridized carbons (Fsp3) is 1.00. The SMILES string of the molecule is B[C@@H]1O[C@H]2[C@](I)(C[C@]3(F)C[C@]23C)[C@H]1F. The Morgan fingerprint density at radius 3 is 2.71 bits per heavy atom. The van der Waals surface area contributed by atoms with Gasteiger partial charge in [-0.15, -0.1) is 0 Å². The average Bonchev–Trinajstić information content (AvgIpc) is 2.46. The van der Waals surface area contributed by atoms with Crippen molar-refractivity contribution in [1.29, 1.82) is 0 Å². The molecule has 1 saturated heterocycles. The summed E-state index contributed by atoms with van der Waals surface area (Å²) < 4.78 is 33.0. The lowest BCUT2D eigenvalue weighted by Crippen LogP contribution is -2.39. The van der Waals surface area contributed by atoms with Crippen molar-refractivity contribution in [3.05, 3.63) is 0 Å². The van der Waals surface area contributed by atoms with E-state index in [2.05, 4.69) is 22.6 Å². The third-order valence-corrected chi connectivity index (χ3v) is 5.88. The maximum Gasteiger partial charge on any atom is 0.143 e. The van der Waals surface area contributed by atoms with E-state index in [9.17, 15) is 8.78 Å². The highest BCUT2D eigenvalue weighted by atomic mass is 127. The van der Waals surface area contributed by atoms with Crippen LogP contribution in [0.15, 0.2) is 0 Å². The number of alkyl halides is 3. The minimum Gasteiger partial charge on any atom is -0.379 e. The molecule has 0 aromatic carbocycles. The Hall–Kier alpha value is 0.615. The lowest BCUT2D eigenvalue weighted by Gasteiger charge is -2.26. The van der Waals surface area contributed by atoms with E-state index >= 15 is 0 Å². The number of hydrogen-bond acceptors (Lipinski definition) is 1. The van der Waals surface area contributed by atoms with Crippen LogP contribution in [-0.2, 0) is 4.74 Å². The molecule has 0 spiro atoms. The van der Waals surface area contributed by atoms with Gasteiger partial charge >= 0.3 is 0 Å². The summed E-state index contributed by atoms with van der Waals surface area (Å²) >= 11 is 2.08. The number of ether oxygens (including phenoxy) is 1. The molecule has 3 fully saturated rings. The first-order chi connectivity index (χ1) is 6.33. The molecule has 0 radical (unpaired) electrons. The second-order valence-electron chi connectivity index (χ2n) is 5.29. The minimum absolute atomic E-state index is 0.231. The van der Waals surface area contributed by atoms with Crippen molar-refractivity contribution in [2.45, 2.75) is 47.1 Å². The second-order valence-corrected chi connectivity index (χ2v) is 7.29. The van der Waals surface area contributed by atoms with Crippen molar-refractivity contribution < 1.29 is 13.5 Å².